The van der Waals surface area contributed by atoms with E-state index in [4.69, 9.17) is 0 Å². The number of para-hydroxylation sites is 2. The zero-order chi connectivity index (χ0) is 17.1. The molecule has 0 aliphatic rings. The van der Waals surface area contributed by atoms with Crippen molar-refractivity contribution < 1.29 is 9.18 Å². The molecular formula is C17H14FN3O3. The molecule has 0 unspecified atom stereocenters. The van der Waals surface area contributed by atoms with Gasteiger partial charge in [-0.3, -0.25) is 14.4 Å². The Kier molecular flexibility index (Phi) is 4.24. The van der Waals surface area contributed by atoms with Crippen LogP contribution >= 0.6 is 0 Å². The van der Waals surface area contributed by atoms with Gasteiger partial charge in [0, 0.05) is 13.1 Å². The second-order valence-corrected chi connectivity index (χ2v) is 5.16. The number of carbonyl (C=O) groups excluding carboxylic acids is 1. The molecule has 122 valence electrons. The molecule has 0 atom stereocenters. The van der Waals surface area contributed by atoms with Crippen LogP contribution in [0.2, 0.25) is 0 Å². The second-order valence-electron chi connectivity index (χ2n) is 5.16. The topological polar surface area (TPSA) is 84.0 Å². The molecule has 0 aliphatic heterocycles. The van der Waals surface area contributed by atoms with E-state index in [1.165, 1.54) is 22.8 Å². The molecule has 0 aliphatic carbocycles. The zero-order valence-corrected chi connectivity index (χ0v) is 12.6. The van der Waals surface area contributed by atoms with Gasteiger partial charge in [0.1, 0.15) is 5.82 Å². The number of fused-ring (bicyclic) bond motifs is 1. The Labute approximate surface area is 135 Å². The summed E-state index contributed by atoms with van der Waals surface area (Å²) in [6, 6.07) is 12.5. The molecule has 2 aromatic carbocycles. The van der Waals surface area contributed by atoms with Gasteiger partial charge in [0.15, 0.2) is 0 Å². The summed E-state index contributed by atoms with van der Waals surface area (Å²) in [5.41, 5.74) is -0.409. The van der Waals surface area contributed by atoms with E-state index >= 15 is 0 Å². The lowest BCUT2D eigenvalue weighted by Crippen LogP contribution is -2.39. The van der Waals surface area contributed by atoms with Crippen molar-refractivity contribution in [2.75, 3.05) is 6.54 Å². The zero-order valence-electron chi connectivity index (χ0n) is 12.6. The van der Waals surface area contributed by atoms with Crippen molar-refractivity contribution in [3.63, 3.8) is 0 Å². The quantitative estimate of drug-likeness (QED) is 0.708. The predicted octanol–water partition coefficient (Wildman–Crippen LogP) is 1.26. The first kappa shape index (κ1) is 15.7. The van der Waals surface area contributed by atoms with Crippen LogP contribution < -0.4 is 16.4 Å². The maximum absolute atomic E-state index is 13.6. The van der Waals surface area contributed by atoms with Crippen LogP contribution in [0.5, 0.6) is 0 Å². The third-order valence-electron chi connectivity index (χ3n) is 3.62. The Morgan fingerprint density at radius 1 is 1.08 bits per heavy atom. The number of benzene rings is 2. The van der Waals surface area contributed by atoms with Crippen molar-refractivity contribution in [3.8, 4) is 0 Å². The Hall–Kier alpha value is -3.22. The van der Waals surface area contributed by atoms with Crippen LogP contribution in [-0.4, -0.2) is 22.0 Å². The van der Waals surface area contributed by atoms with E-state index in [1.54, 1.807) is 30.3 Å². The van der Waals surface area contributed by atoms with E-state index in [1.807, 2.05) is 0 Å². The Morgan fingerprint density at radius 3 is 2.58 bits per heavy atom. The number of halogens is 1. The Morgan fingerprint density at radius 2 is 1.79 bits per heavy atom. The van der Waals surface area contributed by atoms with E-state index in [9.17, 15) is 18.8 Å². The number of H-pyrrole nitrogens is 1. The van der Waals surface area contributed by atoms with E-state index < -0.39 is 22.8 Å². The average molecular weight is 327 g/mol. The smallest absolute Gasteiger partial charge is 0.316 e. The number of aromatic nitrogens is 2. The molecule has 0 saturated heterocycles. The minimum absolute atomic E-state index is 0.0689. The lowest BCUT2D eigenvalue weighted by atomic mass is 10.2. The number of amides is 1. The maximum atomic E-state index is 13.6. The molecule has 0 radical (unpaired) electrons. The minimum Gasteiger partial charge on any atom is -0.350 e. The van der Waals surface area contributed by atoms with Crippen molar-refractivity contribution in [1.29, 1.82) is 0 Å². The lowest BCUT2D eigenvalue weighted by molar-refractivity contribution is 0.0948. The lowest BCUT2D eigenvalue weighted by Gasteiger charge is -2.10. The molecule has 7 heteroatoms. The van der Waals surface area contributed by atoms with Crippen LogP contribution in [0.4, 0.5) is 4.39 Å². The summed E-state index contributed by atoms with van der Waals surface area (Å²) in [6.45, 7) is 0.185. The number of carbonyl (C=O) groups is 1. The molecule has 0 spiro atoms. The Balaban J connectivity index is 1.81. The fourth-order valence-corrected chi connectivity index (χ4v) is 2.47. The summed E-state index contributed by atoms with van der Waals surface area (Å²) in [4.78, 5) is 38.2. The van der Waals surface area contributed by atoms with Crippen LogP contribution in [0.3, 0.4) is 0 Å². The van der Waals surface area contributed by atoms with Gasteiger partial charge >= 0.3 is 11.1 Å². The van der Waals surface area contributed by atoms with Gasteiger partial charge in [0.2, 0.25) is 0 Å². The number of aromatic amines is 1. The highest BCUT2D eigenvalue weighted by Crippen LogP contribution is 2.07. The minimum atomic E-state index is -0.728. The Bertz CT molecular complexity index is 1020. The van der Waals surface area contributed by atoms with Gasteiger partial charge in [-0.25, -0.2) is 4.39 Å². The molecule has 0 bridgehead atoms. The summed E-state index contributed by atoms with van der Waals surface area (Å²) in [6.07, 6.45) is 0. The molecule has 1 aromatic heterocycles. The molecule has 1 heterocycles. The summed E-state index contributed by atoms with van der Waals surface area (Å²) >= 11 is 0. The first-order chi connectivity index (χ1) is 11.6. The van der Waals surface area contributed by atoms with Crippen molar-refractivity contribution in [1.82, 2.24) is 14.9 Å². The van der Waals surface area contributed by atoms with Gasteiger partial charge < -0.3 is 14.9 Å². The summed E-state index contributed by atoms with van der Waals surface area (Å²) in [7, 11) is 0. The summed E-state index contributed by atoms with van der Waals surface area (Å²) in [5.74, 6) is -1.19. The van der Waals surface area contributed by atoms with E-state index in [0.29, 0.717) is 11.0 Å². The molecule has 3 rings (SSSR count). The highest BCUT2D eigenvalue weighted by molar-refractivity contribution is 5.94. The van der Waals surface area contributed by atoms with E-state index in [2.05, 4.69) is 10.3 Å². The van der Waals surface area contributed by atoms with Crippen LogP contribution in [0, 0.1) is 5.82 Å². The standard InChI is InChI=1S/C17H14FN3O3/c18-12-6-2-1-5-11(12)15(22)19-9-10-21-14-8-4-3-7-13(14)20-16(23)17(21)24/h1-8H,9-10H2,(H,19,22)(H,20,23). The maximum Gasteiger partial charge on any atom is 0.316 e. The molecular weight excluding hydrogens is 313 g/mol. The van der Waals surface area contributed by atoms with Gasteiger partial charge in [-0.05, 0) is 24.3 Å². The van der Waals surface area contributed by atoms with E-state index in [-0.39, 0.29) is 18.7 Å². The number of hydrogen-bond acceptors (Lipinski definition) is 3. The third-order valence-corrected chi connectivity index (χ3v) is 3.62. The van der Waals surface area contributed by atoms with Gasteiger partial charge in [0.05, 0.1) is 16.6 Å². The fraction of sp³-hybridized carbons (Fsp3) is 0.118. The SMILES string of the molecule is O=C(NCCn1c(=O)c(=O)[nH]c2ccccc21)c1ccccc1F. The molecule has 2 N–H and O–H groups in total. The molecule has 1 amide bonds. The van der Waals surface area contributed by atoms with Gasteiger partial charge in [-0.2, -0.15) is 0 Å². The van der Waals surface area contributed by atoms with Crippen molar-refractivity contribution in [2.45, 2.75) is 6.54 Å². The number of rotatable bonds is 4. The number of nitrogens with zero attached hydrogens (tertiary/aromatic N) is 1. The first-order valence-corrected chi connectivity index (χ1v) is 7.32. The van der Waals surface area contributed by atoms with Crippen molar-refractivity contribution >= 4 is 16.9 Å². The third kappa shape index (κ3) is 2.96. The average Bonchev–Trinajstić information content (AvgIpc) is 2.58. The van der Waals surface area contributed by atoms with Gasteiger partial charge in [-0.1, -0.05) is 24.3 Å². The summed E-state index contributed by atoms with van der Waals surface area (Å²) < 4.78 is 14.8. The van der Waals surface area contributed by atoms with Crippen LogP contribution in [0.1, 0.15) is 10.4 Å². The van der Waals surface area contributed by atoms with Gasteiger partial charge in [0.25, 0.3) is 5.91 Å². The largest absolute Gasteiger partial charge is 0.350 e. The summed E-state index contributed by atoms with van der Waals surface area (Å²) in [5, 5.41) is 2.55. The monoisotopic (exact) mass is 327 g/mol. The van der Waals surface area contributed by atoms with Crippen LogP contribution in [0.25, 0.3) is 11.0 Å². The van der Waals surface area contributed by atoms with Crippen LogP contribution in [0.15, 0.2) is 58.1 Å². The van der Waals surface area contributed by atoms with Crippen molar-refractivity contribution in [2.24, 2.45) is 0 Å². The molecule has 0 saturated carbocycles. The highest BCUT2D eigenvalue weighted by atomic mass is 19.1. The first-order valence-electron chi connectivity index (χ1n) is 7.32. The second kappa shape index (κ2) is 6.49. The van der Waals surface area contributed by atoms with E-state index in [0.717, 1.165) is 0 Å². The predicted molar refractivity (Wildman–Crippen MR) is 87.6 cm³/mol. The van der Waals surface area contributed by atoms with Crippen molar-refractivity contribution in [3.05, 3.63) is 80.6 Å². The normalized spacial score (nSPS) is 10.7. The number of nitrogens with one attached hydrogen (secondary N) is 2. The van der Waals surface area contributed by atoms with Crippen LogP contribution in [-0.2, 0) is 6.54 Å². The molecule has 6 nitrogen and oxygen atoms in total. The molecule has 24 heavy (non-hydrogen) atoms. The molecule has 3 aromatic rings. The fourth-order valence-electron chi connectivity index (χ4n) is 2.47. The highest BCUT2D eigenvalue weighted by Gasteiger charge is 2.11. The number of hydrogen-bond donors (Lipinski definition) is 2. The molecule has 0 fully saturated rings. The van der Waals surface area contributed by atoms with Gasteiger partial charge in [-0.15, -0.1) is 0 Å².